The molecule has 0 heterocycles. The number of amides is 1. The van der Waals surface area contributed by atoms with Gasteiger partial charge in [-0.05, 0) is 43.5 Å². The maximum atomic E-state index is 12.4. The molecule has 1 rings (SSSR count). The number of carbonyl (C=O) groups excluding carboxylic acids is 1. The Hall–Kier alpha value is -0.830. The van der Waals surface area contributed by atoms with Crippen LogP contribution in [0.2, 0.25) is 0 Å². The van der Waals surface area contributed by atoms with Crippen molar-refractivity contribution in [1.82, 2.24) is 4.90 Å². The maximum absolute atomic E-state index is 12.4. The van der Waals surface area contributed by atoms with E-state index in [2.05, 4.69) is 29.8 Å². The molecule has 0 saturated heterocycles. The fourth-order valence-electron chi connectivity index (χ4n) is 1.82. The normalized spacial score (nSPS) is 10.4. The Morgan fingerprint density at radius 2 is 1.94 bits per heavy atom. The third kappa shape index (κ3) is 4.13. The Morgan fingerprint density at radius 3 is 2.50 bits per heavy atom. The van der Waals surface area contributed by atoms with Gasteiger partial charge < -0.3 is 4.90 Å². The summed E-state index contributed by atoms with van der Waals surface area (Å²) >= 11 is 3.41. The van der Waals surface area contributed by atoms with E-state index in [4.69, 9.17) is 0 Å². The van der Waals surface area contributed by atoms with Crippen LogP contribution in [0.15, 0.2) is 18.2 Å². The first-order valence-corrected chi connectivity index (χ1v) is 7.64. The van der Waals surface area contributed by atoms with Crippen molar-refractivity contribution in [1.29, 1.82) is 0 Å². The summed E-state index contributed by atoms with van der Waals surface area (Å²) in [5, 5.41) is 0.827. The highest BCUT2D eigenvalue weighted by Crippen LogP contribution is 2.13. The van der Waals surface area contributed by atoms with Crippen molar-refractivity contribution in [3.8, 4) is 0 Å². The van der Waals surface area contributed by atoms with Crippen LogP contribution in [0.4, 0.5) is 0 Å². The van der Waals surface area contributed by atoms with E-state index in [0.717, 1.165) is 36.8 Å². The Balaban J connectivity index is 2.83. The van der Waals surface area contributed by atoms with Crippen LogP contribution in [0.5, 0.6) is 0 Å². The highest BCUT2D eigenvalue weighted by Gasteiger charge is 2.14. The number of aryl methyl sites for hydroxylation is 2. The highest BCUT2D eigenvalue weighted by atomic mass is 79.9. The summed E-state index contributed by atoms with van der Waals surface area (Å²) in [6.07, 6.45) is 2.17. The number of hydrogen-bond acceptors (Lipinski definition) is 1. The third-order valence-electron chi connectivity index (χ3n) is 3.18. The first-order valence-electron chi connectivity index (χ1n) is 6.52. The van der Waals surface area contributed by atoms with Crippen LogP contribution >= 0.6 is 15.9 Å². The van der Waals surface area contributed by atoms with Gasteiger partial charge in [0.2, 0.25) is 0 Å². The van der Waals surface area contributed by atoms with Crippen LogP contribution in [-0.4, -0.2) is 29.2 Å². The number of rotatable bonds is 6. The molecule has 1 aromatic carbocycles. The summed E-state index contributed by atoms with van der Waals surface area (Å²) < 4.78 is 0. The molecule has 0 aliphatic rings. The highest BCUT2D eigenvalue weighted by molar-refractivity contribution is 9.09. The second-order valence-electron chi connectivity index (χ2n) is 4.63. The Labute approximate surface area is 119 Å². The van der Waals surface area contributed by atoms with Gasteiger partial charge in [-0.3, -0.25) is 4.79 Å². The van der Waals surface area contributed by atoms with Crippen molar-refractivity contribution in [3.05, 3.63) is 34.9 Å². The zero-order valence-corrected chi connectivity index (χ0v) is 13.1. The molecule has 2 nitrogen and oxygen atoms in total. The van der Waals surface area contributed by atoms with E-state index < -0.39 is 0 Å². The van der Waals surface area contributed by atoms with E-state index >= 15 is 0 Å². The predicted molar refractivity (Wildman–Crippen MR) is 80.5 cm³/mol. The Kier molecular flexibility index (Phi) is 6.41. The quantitative estimate of drug-likeness (QED) is 0.729. The minimum Gasteiger partial charge on any atom is -0.338 e. The predicted octanol–water partition coefficient (Wildman–Crippen LogP) is 3.94. The second kappa shape index (κ2) is 7.57. The molecule has 1 aromatic rings. The summed E-state index contributed by atoms with van der Waals surface area (Å²) in [7, 11) is 0. The topological polar surface area (TPSA) is 20.3 Å². The summed E-state index contributed by atoms with van der Waals surface area (Å²) in [4.78, 5) is 14.3. The van der Waals surface area contributed by atoms with Gasteiger partial charge in [-0.25, -0.2) is 0 Å². The second-order valence-corrected chi connectivity index (χ2v) is 5.43. The molecule has 0 radical (unpaired) electrons. The first kappa shape index (κ1) is 15.2. The summed E-state index contributed by atoms with van der Waals surface area (Å²) in [5.74, 6) is 0.144. The number of halogens is 1. The van der Waals surface area contributed by atoms with Crippen molar-refractivity contribution in [3.63, 3.8) is 0 Å². The zero-order chi connectivity index (χ0) is 13.5. The monoisotopic (exact) mass is 311 g/mol. The number of nitrogens with zero attached hydrogens (tertiary/aromatic N) is 1. The van der Waals surface area contributed by atoms with Crippen LogP contribution in [0.3, 0.4) is 0 Å². The van der Waals surface area contributed by atoms with Crippen LogP contribution < -0.4 is 0 Å². The molecule has 0 aliphatic heterocycles. The molecule has 0 atom stereocenters. The summed E-state index contributed by atoms with van der Waals surface area (Å²) in [6, 6.07) is 5.94. The minimum atomic E-state index is 0.144. The van der Waals surface area contributed by atoms with Crippen molar-refractivity contribution in [2.24, 2.45) is 0 Å². The molecule has 0 bridgehead atoms. The van der Waals surface area contributed by atoms with Crippen molar-refractivity contribution < 1.29 is 4.79 Å². The summed E-state index contributed by atoms with van der Waals surface area (Å²) in [6.45, 7) is 7.87. The fourth-order valence-corrected chi connectivity index (χ4v) is 2.25. The molecule has 0 fully saturated rings. The van der Waals surface area contributed by atoms with Crippen molar-refractivity contribution >= 4 is 21.8 Å². The zero-order valence-electron chi connectivity index (χ0n) is 11.5. The van der Waals surface area contributed by atoms with E-state index in [1.54, 1.807) is 0 Å². The lowest BCUT2D eigenvalue weighted by Crippen LogP contribution is -2.33. The number of hydrogen-bond donors (Lipinski definition) is 0. The molecule has 0 N–H and O–H groups in total. The molecular weight excluding hydrogens is 290 g/mol. The van der Waals surface area contributed by atoms with Crippen LogP contribution in [0, 0.1) is 13.8 Å². The standard InChI is InChI=1S/C15H22BrNO/c1-4-5-9-17(10-8-16)15(18)14-7-6-12(2)13(3)11-14/h6-7,11H,4-5,8-10H2,1-3H3. The molecule has 1 amide bonds. The number of unbranched alkanes of at least 4 members (excludes halogenated alkanes) is 1. The smallest absolute Gasteiger partial charge is 0.253 e. The maximum Gasteiger partial charge on any atom is 0.253 e. The van der Waals surface area contributed by atoms with Gasteiger partial charge in [0, 0.05) is 24.0 Å². The Morgan fingerprint density at radius 1 is 1.22 bits per heavy atom. The average molecular weight is 312 g/mol. The van der Waals surface area contributed by atoms with Gasteiger partial charge in [-0.15, -0.1) is 0 Å². The number of alkyl halides is 1. The summed E-state index contributed by atoms with van der Waals surface area (Å²) in [5.41, 5.74) is 3.21. The van der Waals surface area contributed by atoms with Crippen LogP contribution in [0.1, 0.15) is 41.3 Å². The molecule has 18 heavy (non-hydrogen) atoms. The van der Waals surface area contributed by atoms with Crippen molar-refractivity contribution in [2.75, 3.05) is 18.4 Å². The average Bonchev–Trinajstić information content (AvgIpc) is 2.37. The lowest BCUT2D eigenvalue weighted by Gasteiger charge is -2.22. The molecule has 0 aromatic heterocycles. The van der Waals surface area contributed by atoms with Gasteiger partial charge in [-0.2, -0.15) is 0 Å². The molecule has 0 aliphatic carbocycles. The SMILES string of the molecule is CCCCN(CCBr)C(=O)c1ccc(C)c(C)c1. The fraction of sp³-hybridized carbons (Fsp3) is 0.533. The van der Waals surface area contributed by atoms with Crippen molar-refractivity contribution in [2.45, 2.75) is 33.6 Å². The van der Waals surface area contributed by atoms with E-state index in [0.29, 0.717) is 0 Å². The van der Waals surface area contributed by atoms with Gasteiger partial charge in [0.15, 0.2) is 0 Å². The van der Waals surface area contributed by atoms with Crippen LogP contribution in [0.25, 0.3) is 0 Å². The lowest BCUT2D eigenvalue weighted by atomic mass is 10.1. The van der Waals surface area contributed by atoms with Gasteiger partial charge in [-0.1, -0.05) is 35.3 Å². The van der Waals surface area contributed by atoms with Gasteiger partial charge >= 0.3 is 0 Å². The molecular formula is C15H22BrNO. The van der Waals surface area contributed by atoms with Gasteiger partial charge in [0.25, 0.3) is 5.91 Å². The number of carbonyl (C=O) groups is 1. The van der Waals surface area contributed by atoms with Gasteiger partial charge in [0.05, 0.1) is 0 Å². The van der Waals surface area contributed by atoms with E-state index in [1.807, 2.05) is 30.0 Å². The van der Waals surface area contributed by atoms with Gasteiger partial charge in [0.1, 0.15) is 0 Å². The minimum absolute atomic E-state index is 0.144. The van der Waals surface area contributed by atoms with E-state index in [-0.39, 0.29) is 5.91 Å². The molecule has 100 valence electrons. The molecule has 0 saturated carbocycles. The molecule has 0 unspecified atom stereocenters. The number of benzene rings is 1. The third-order valence-corrected chi connectivity index (χ3v) is 3.53. The lowest BCUT2D eigenvalue weighted by molar-refractivity contribution is 0.0764. The van der Waals surface area contributed by atoms with E-state index in [9.17, 15) is 4.79 Å². The van der Waals surface area contributed by atoms with Crippen LogP contribution in [-0.2, 0) is 0 Å². The van der Waals surface area contributed by atoms with E-state index in [1.165, 1.54) is 11.1 Å². The molecule has 3 heteroatoms. The Bertz CT molecular complexity index is 403. The largest absolute Gasteiger partial charge is 0.338 e. The first-order chi connectivity index (χ1) is 8.60. The molecule has 0 spiro atoms.